The lowest BCUT2D eigenvalue weighted by Crippen LogP contribution is -2.03. The van der Waals surface area contributed by atoms with Crippen LogP contribution in [0.2, 0.25) is 0 Å². The number of rotatable bonds is 9. The molecule has 1 rings (SSSR count). The molecule has 0 aliphatic heterocycles. The summed E-state index contributed by atoms with van der Waals surface area (Å²) in [6.45, 7) is 3.45. The predicted octanol–water partition coefficient (Wildman–Crippen LogP) is 4.03. The Hall–Kier alpha value is -2.36. The highest BCUT2D eigenvalue weighted by molar-refractivity contribution is 5.90. The first-order valence-corrected chi connectivity index (χ1v) is 7.78. The van der Waals surface area contributed by atoms with Crippen molar-refractivity contribution >= 4 is 11.8 Å². The average Bonchev–Trinajstić information content (AvgIpc) is 2.53. The molecule has 0 radical (unpaired) electrons. The summed E-state index contributed by atoms with van der Waals surface area (Å²) in [5.41, 5.74) is 0.959. The van der Waals surface area contributed by atoms with Crippen LogP contribution in [0, 0.1) is 0 Å². The second-order valence-corrected chi connectivity index (χ2v) is 5.12. The summed E-state index contributed by atoms with van der Waals surface area (Å²) >= 11 is 0. The zero-order chi connectivity index (χ0) is 17.1. The first-order chi connectivity index (χ1) is 11.1. The van der Waals surface area contributed by atoms with Gasteiger partial charge < -0.3 is 9.47 Å². The van der Waals surface area contributed by atoms with Gasteiger partial charge >= 0.3 is 5.97 Å². The summed E-state index contributed by atoms with van der Waals surface area (Å²) in [4.78, 5) is 22.8. The van der Waals surface area contributed by atoms with Crippen LogP contribution in [0.4, 0.5) is 0 Å². The third kappa shape index (κ3) is 7.45. The summed E-state index contributed by atoms with van der Waals surface area (Å²) in [5, 5.41) is 0. The lowest BCUT2D eigenvalue weighted by molar-refractivity contribution is -0.132. The topological polar surface area (TPSA) is 52.6 Å². The summed E-state index contributed by atoms with van der Waals surface area (Å²) in [6, 6.07) is 5.30. The molecule has 0 heterocycles. The van der Waals surface area contributed by atoms with E-state index >= 15 is 0 Å². The molecule has 0 spiro atoms. The van der Waals surface area contributed by atoms with Crippen molar-refractivity contribution in [1.82, 2.24) is 0 Å². The fourth-order valence-electron chi connectivity index (χ4n) is 1.96. The first kappa shape index (κ1) is 18.7. The maximum absolute atomic E-state index is 11.8. The Labute approximate surface area is 137 Å². The van der Waals surface area contributed by atoms with Gasteiger partial charge in [0.05, 0.1) is 7.11 Å². The Morgan fingerprint density at radius 2 is 1.96 bits per heavy atom. The van der Waals surface area contributed by atoms with Gasteiger partial charge in [0.1, 0.15) is 0 Å². The van der Waals surface area contributed by atoms with Gasteiger partial charge in [-0.1, -0.05) is 37.6 Å². The zero-order valence-electron chi connectivity index (χ0n) is 14.0. The lowest BCUT2D eigenvalue weighted by Gasteiger charge is -2.09. The van der Waals surface area contributed by atoms with E-state index < -0.39 is 5.97 Å². The minimum Gasteiger partial charge on any atom is -0.493 e. The summed E-state index contributed by atoms with van der Waals surface area (Å²) in [7, 11) is 1.52. The van der Waals surface area contributed by atoms with E-state index in [0.29, 0.717) is 24.3 Å². The van der Waals surface area contributed by atoms with E-state index in [1.165, 1.54) is 14.0 Å². The number of ether oxygens (including phenoxy) is 2. The molecule has 0 aromatic heterocycles. The predicted molar refractivity (Wildman–Crippen MR) is 90.8 cm³/mol. The second-order valence-electron chi connectivity index (χ2n) is 5.12. The molecule has 0 aliphatic rings. The number of unbranched alkanes of at least 4 members (excludes halogenated alkanes) is 1. The van der Waals surface area contributed by atoms with Crippen molar-refractivity contribution in [1.29, 1.82) is 0 Å². The molecule has 0 N–H and O–H groups in total. The maximum atomic E-state index is 11.8. The molecule has 23 heavy (non-hydrogen) atoms. The van der Waals surface area contributed by atoms with Gasteiger partial charge in [-0.05, 0) is 36.6 Å². The molecule has 1 aromatic rings. The van der Waals surface area contributed by atoms with Crippen LogP contribution in [0.1, 0.15) is 38.7 Å². The highest BCUT2D eigenvalue weighted by Crippen LogP contribution is 2.28. The molecule has 0 saturated carbocycles. The van der Waals surface area contributed by atoms with E-state index in [4.69, 9.17) is 9.47 Å². The fourth-order valence-corrected chi connectivity index (χ4v) is 1.96. The lowest BCUT2D eigenvalue weighted by atomic mass is 10.1. The molecule has 0 aliphatic carbocycles. The van der Waals surface area contributed by atoms with Crippen LogP contribution in [0.15, 0.2) is 42.5 Å². The van der Waals surface area contributed by atoms with Gasteiger partial charge in [0, 0.05) is 13.3 Å². The van der Waals surface area contributed by atoms with Crippen molar-refractivity contribution in [3.63, 3.8) is 0 Å². The van der Waals surface area contributed by atoms with E-state index in [2.05, 4.69) is 6.92 Å². The van der Waals surface area contributed by atoms with Crippen LogP contribution < -0.4 is 9.47 Å². The summed E-state index contributed by atoms with van der Waals surface area (Å²) < 4.78 is 10.3. The van der Waals surface area contributed by atoms with Gasteiger partial charge in [-0.2, -0.15) is 0 Å². The van der Waals surface area contributed by atoms with Gasteiger partial charge in [0.2, 0.25) is 0 Å². The van der Waals surface area contributed by atoms with Gasteiger partial charge in [-0.25, -0.2) is 0 Å². The molecule has 0 fully saturated rings. The smallest absolute Gasteiger partial charge is 0.308 e. The van der Waals surface area contributed by atoms with E-state index in [9.17, 15) is 9.59 Å². The fraction of sp³-hybridized carbons (Fsp3) is 0.368. The molecule has 0 atom stereocenters. The summed E-state index contributed by atoms with van der Waals surface area (Å²) in [5.74, 6) is 0.556. The van der Waals surface area contributed by atoms with Crippen molar-refractivity contribution in [3.05, 3.63) is 48.1 Å². The Morgan fingerprint density at radius 3 is 2.61 bits per heavy atom. The number of methoxy groups -OCH3 is 1. The number of carbonyl (C=O) groups is 2. The highest BCUT2D eigenvalue weighted by atomic mass is 16.6. The number of benzene rings is 1. The number of hydrogen-bond acceptors (Lipinski definition) is 4. The SMILES string of the molecule is CCC/C=C/C=C/C(=O)CCc1ccc(OC(C)=O)c(OC)c1. The number of esters is 1. The van der Waals surface area contributed by atoms with Crippen LogP contribution in [0.3, 0.4) is 0 Å². The molecule has 0 saturated heterocycles. The monoisotopic (exact) mass is 316 g/mol. The molecule has 0 amide bonds. The van der Waals surface area contributed by atoms with Gasteiger partial charge in [-0.15, -0.1) is 0 Å². The van der Waals surface area contributed by atoms with Crippen LogP contribution in [0.25, 0.3) is 0 Å². The quantitative estimate of drug-likeness (QED) is 0.299. The molecule has 0 bridgehead atoms. The largest absolute Gasteiger partial charge is 0.493 e. The molecule has 0 unspecified atom stereocenters. The van der Waals surface area contributed by atoms with Crippen molar-refractivity contribution in [2.24, 2.45) is 0 Å². The Kier molecular flexibility index (Phi) is 8.43. The van der Waals surface area contributed by atoms with E-state index in [1.54, 1.807) is 24.3 Å². The van der Waals surface area contributed by atoms with E-state index in [-0.39, 0.29) is 5.78 Å². The highest BCUT2D eigenvalue weighted by Gasteiger charge is 2.08. The Balaban J connectivity index is 2.57. The third-order valence-electron chi connectivity index (χ3n) is 3.13. The van der Waals surface area contributed by atoms with Crippen molar-refractivity contribution in [3.8, 4) is 11.5 Å². The van der Waals surface area contributed by atoms with Crippen LogP contribution in [-0.4, -0.2) is 18.9 Å². The molecule has 124 valence electrons. The minimum absolute atomic E-state index is 0.0779. The number of hydrogen-bond donors (Lipinski definition) is 0. The van der Waals surface area contributed by atoms with Crippen LogP contribution >= 0.6 is 0 Å². The number of allylic oxidation sites excluding steroid dienone is 4. The molecule has 4 heteroatoms. The Bertz CT molecular complexity index is 585. The molecule has 4 nitrogen and oxygen atoms in total. The zero-order valence-corrected chi connectivity index (χ0v) is 14.0. The van der Waals surface area contributed by atoms with Gasteiger partial charge in [0.15, 0.2) is 17.3 Å². The number of aryl methyl sites for hydroxylation is 1. The van der Waals surface area contributed by atoms with Crippen LogP contribution in [0.5, 0.6) is 11.5 Å². The summed E-state index contributed by atoms with van der Waals surface area (Å²) in [6.07, 6.45) is 10.5. The Morgan fingerprint density at radius 1 is 1.17 bits per heavy atom. The average molecular weight is 316 g/mol. The first-order valence-electron chi connectivity index (χ1n) is 7.78. The molecular weight excluding hydrogens is 292 g/mol. The third-order valence-corrected chi connectivity index (χ3v) is 3.13. The van der Waals surface area contributed by atoms with E-state index in [0.717, 1.165) is 18.4 Å². The maximum Gasteiger partial charge on any atom is 0.308 e. The van der Waals surface area contributed by atoms with Crippen molar-refractivity contribution in [2.45, 2.75) is 39.5 Å². The minimum atomic E-state index is -0.396. The molecule has 1 aromatic carbocycles. The normalized spacial score (nSPS) is 11.1. The van der Waals surface area contributed by atoms with Crippen LogP contribution in [-0.2, 0) is 16.0 Å². The van der Waals surface area contributed by atoms with Gasteiger partial charge in [-0.3, -0.25) is 9.59 Å². The van der Waals surface area contributed by atoms with E-state index in [1.807, 2.05) is 18.2 Å². The van der Waals surface area contributed by atoms with Crippen molar-refractivity contribution in [2.75, 3.05) is 7.11 Å². The standard InChI is InChI=1S/C19H24O4/c1-4-5-6-7-8-9-17(21)12-10-16-11-13-18(23-15(2)20)19(14-16)22-3/h6-9,11,13-14H,4-5,10,12H2,1-3H3/b7-6+,9-8+. The number of carbonyl (C=O) groups excluding carboxylic acids is 2. The molecular formula is C19H24O4. The van der Waals surface area contributed by atoms with Crippen molar-refractivity contribution < 1.29 is 19.1 Å². The number of ketones is 1. The van der Waals surface area contributed by atoms with Gasteiger partial charge in [0.25, 0.3) is 0 Å². The second kappa shape index (κ2) is 10.4.